The van der Waals surface area contributed by atoms with Gasteiger partial charge in [0.05, 0.1) is 12.8 Å². The molecule has 0 saturated carbocycles. The number of carbonyl (C=O) groups is 1. The molecule has 1 amide bonds. The molecule has 0 saturated heterocycles. The minimum absolute atomic E-state index is 0.390. The molecule has 104 valence electrons. The lowest BCUT2D eigenvalue weighted by molar-refractivity contribution is 0.202. The smallest absolute Gasteiger partial charge is 0.411 e. The van der Waals surface area contributed by atoms with E-state index in [1.807, 2.05) is 43.3 Å². The topological polar surface area (TPSA) is 49.8 Å². The molecule has 0 unspecified atom stereocenters. The molecule has 0 fully saturated rings. The van der Waals surface area contributed by atoms with E-state index in [-0.39, 0.29) is 0 Å². The number of hydrogen-bond acceptors (Lipinski definition) is 2. The van der Waals surface area contributed by atoms with E-state index in [2.05, 4.69) is 0 Å². The largest absolute Gasteiger partial charge is 0.497 e. The number of anilines is 1. The van der Waals surface area contributed by atoms with E-state index in [1.165, 1.54) is 4.90 Å². The van der Waals surface area contributed by atoms with Crippen molar-refractivity contribution in [1.29, 1.82) is 0 Å². The molecule has 0 aliphatic carbocycles. The highest BCUT2D eigenvalue weighted by Crippen LogP contribution is 2.34. The summed E-state index contributed by atoms with van der Waals surface area (Å²) in [6, 6.07) is 15.1. The van der Waals surface area contributed by atoms with Gasteiger partial charge in [0.15, 0.2) is 0 Å². The fraction of sp³-hybridized carbons (Fsp3) is 0.188. The Kier molecular flexibility index (Phi) is 4.25. The second-order valence-corrected chi connectivity index (χ2v) is 4.28. The molecule has 4 nitrogen and oxygen atoms in total. The SMILES string of the molecule is CCN(C(=O)O)c1ccc(OC)cc1-c1ccccc1. The van der Waals surface area contributed by atoms with E-state index < -0.39 is 6.09 Å². The van der Waals surface area contributed by atoms with Crippen LogP contribution in [0.25, 0.3) is 11.1 Å². The van der Waals surface area contributed by atoms with E-state index in [0.29, 0.717) is 18.0 Å². The van der Waals surface area contributed by atoms with Crippen molar-refractivity contribution in [3.05, 3.63) is 48.5 Å². The van der Waals surface area contributed by atoms with Gasteiger partial charge in [0.1, 0.15) is 5.75 Å². The molecule has 0 bridgehead atoms. The van der Waals surface area contributed by atoms with Gasteiger partial charge in [-0.25, -0.2) is 4.79 Å². The van der Waals surface area contributed by atoms with Gasteiger partial charge in [-0.1, -0.05) is 30.3 Å². The highest BCUT2D eigenvalue weighted by molar-refractivity contribution is 5.93. The molecule has 2 aromatic rings. The Bertz CT molecular complexity index is 596. The number of methoxy groups -OCH3 is 1. The summed E-state index contributed by atoms with van der Waals surface area (Å²) in [5.74, 6) is 0.703. The number of ether oxygens (including phenoxy) is 1. The van der Waals surface area contributed by atoms with Gasteiger partial charge in [-0.2, -0.15) is 0 Å². The Morgan fingerprint density at radius 3 is 2.45 bits per heavy atom. The third-order valence-corrected chi connectivity index (χ3v) is 3.13. The first-order valence-electron chi connectivity index (χ1n) is 6.41. The summed E-state index contributed by atoms with van der Waals surface area (Å²) in [5.41, 5.74) is 2.46. The third-order valence-electron chi connectivity index (χ3n) is 3.13. The van der Waals surface area contributed by atoms with Crippen molar-refractivity contribution in [3.8, 4) is 16.9 Å². The van der Waals surface area contributed by atoms with Crippen molar-refractivity contribution < 1.29 is 14.6 Å². The molecule has 20 heavy (non-hydrogen) atoms. The Balaban J connectivity index is 2.60. The quantitative estimate of drug-likeness (QED) is 0.918. The molecule has 0 aliphatic heterocycles. The summed E-state index contributed by atoms with van der Waals surface area (Å²) >= 11 is 0. The maximum Gasteiger partial charge on any atom is 0.411 e. The van der Waals surface area contributed by atoms with Crippen molar-refractivity contribution in [3.63, 3.8) is 0 Å². The zero-order valence-corrected chi connectivity index (χ0v) is 11.5. The van der Waals surface area contributed by atoms with Crippen LogP contribution in [-0.2, 0) is 0 Å². The van der Waals surface area contributed by atoms with Crippen LogP contribution in [0, 0.1) is 0 Å². The first-order valence-corrected chi connectivity index (χ1v) is 6.41. The normalized spacial score (nSPS) is 10.1. The van der Waals surface area contributed by atoms with Crippen molar-refractivity contribution in [2.45, 2.75) is 6.92 Å². The van der Waals surface area contributed by atoms with Crippen LogP contribution < -0.4 is 9.64 Å². The fourth-order valence-corrected chi connectivity index (χ4v) is 2.14. The van der Waals surface area contributed by atoms with Crippen molar-refractivity contribution in [2.75, 3.05) is 18.6 Å². The van der Waals surface area contributed by atoms with Crippen LogP contribution in [0.4, 0.5) is 10.5 Å². The monoisotopic (exact) mass is 271 g/mol. The molecular formula is C16H17NO3. The first-order chi connectivity index (χ1) is 9.67. The van der Waals surface area contributed by atoms with E-state index >= 15 is 0 Å². The van der Waals surface area contributed by atoms with Crippen LogP contribution >= 0.6 is 0 Å². The van der Waals surface area contributed by atoms with Crippen LogP contribution in [0.5, 0.6) is 5.75 Å². The van der Waals surface area contributed by atoms with Crippen molar-refractivity contribution in [2.24, 2.45) is 0 Å². The summed E-state index contributed by atoms with van der Waals surface area (Å²) in [4.78, 5) is 12.7. The number of carboxylic acid groups (broad SMARTS) is 1. The van der Waals surface area contributed by atoms with E-state index in [9.17, 15) is 9.90 Å². The Hall–Kier alpha value is -2.49. The zero-order valence-electron chi connectivity index (χ0n) is 11.5. The second-order valence-electron chi connectivity index (χ2n) is 4.28. The molecule has 1 N–H and O–H groups in total. The second kappa shape index (κ2) is 6.10. The molecule has 0 aromatic heterocycles. The predicted molar refractivity (Wildman–Crippen MR) is 79.5 cm³/mol. The van der Waals surface area contributed by atoms with E-state index in [0.717, 1.165) is 11.1 Å². The lowest BCUT2D eigenvalue weighted by atomic mass is 10.0. The van der Waals surface area contributed by atoms with E-state index in [4.69, 9.17) is 4.74 Å². The van der Waals surface area contributed by atoms with Gasteiger partial charge in [-0.15, -0.1) is 0 Å². The average Bonchev–Trinajstić information content (AvgIpc) is 2.49. The first kappa shape index (κ1) is 13.9. The summed E-state index contributed by atoms with van der Waals surface area (Å²) in [6.45, 7) is 2.20. The lowest BCUT2D eigenvalue weighted by Crippen LogP contribution is -2.29. The highest BCUT2D eigenvalue weighted by atomic mass is 16.5. The number of rotatable bonds is 4. The van der Waals surface area contributed by atoms with Crippen LogP contribution in [0.3, 0.4) is 0 Å². The van der Waals surface area contributed by atoms with Crippen LogP contribution in [0.2, 0.25) is 0 Å². The minimum Gasteiger partial charge on any atom is -0.497 e. The molecule has 0 heterocycles. The van der Waals surface area contributed by atoms with Gasteiger partial charge in [-0.05, 0) is 30.7 Å². The molecule has 0 atom stereocenters. The molecule has 0 aliphatic rings. The predicted octanol–water partition coefficient (Wildman–Crippen LogP) is 3.87. The van der Waals surface area contributed by atoms with Crippen LogP contribution in [0.15, 0.2) is 48.5 Å². The molecule has 4 heteroatoms. The molecule has 0 radical (unpaired) electrons. The average molecular weight is 271 g/mol. The minimum atomic E-state index is -0.963. The van der Waals surface area contributed by atoms with Gasteiger partial charge in [0.25, 0.3) is 0 Å². The summed E-state index contributed by atoms with van der Waals surface area (Å²) < 4.78 is 5.24. The number of amides is 1. The van der Waals surface area contributed by atoms with Crippen LogP contribution in [0.1, 0.15) is 6.92 Å². The number of nitrogens with zero attached hydrogens (tertiary/aromatic N) is 1. The molecular weight excluding hydrogens is 254 g/mol. The van der Waals surface area contributed by atoms with Crippen molar-refractivity contribution in [1.82, 2.24) is 0 Å². The van der Waals surface area contributed by atoms with Gasteiger partial charge in [0, 0.05) is 12.1 Å². The zero-order chi connectivity index (χ0) is 14.5. The fourth-order valence-electron chi connectivity index (χ4n) is 2.14. The van der Waals surface area contributed by atoms with Gasteiger partial charge < -0.3 is 9.84 Å². The number of benzene rings is 2. The highest BCUT2D eigenvalue weighted by Gasteiger charge is 2.17. The maximum absolute atomic E-state index is 11.4. The lowest BCUT2D eigenvalue weighted by Gasteiger charge is -2.21. The molecule has 2 rings (SSSR count). The summed E-state index contributed by atoms with van der Waals surface area (Å²) in [5, 5.41) is 9.32. The van der Waals surface area contributed by atoms with Crippen LogP contribution in [-0.4, -0.2) is 24.9 Å². The Morgan fingerprint density at radius 2 is 1.90 bits per heavy atom. The third kappa shape index (κ3) is 2.74. The standard InChI is InChI=1S/C16H17NO3/c1-3-17(16(18)19)15-10-9-13(20-2)11-14(15)12-7-5-4-6-8-12/h4-11H,3H2,1-2H3,(H,18,19). The van der Waals surface area contributed by atoms with Gasteiger partial charge in [-0.3, -0.25) is 4.90 Å². The maximum atomic E-state index is 11.4. The van der Waals surface area contributed by atoms with Crippen molar-refractivity contribution >= 4 is 11.8 Å². The van der Waals surface area contributed by atoms with E-state index in [1.54, 1.807) is 19.2 Å². The Morgan fingerprint density at radius 1 is 1.20 bits per heavy atom. The molecule has 0 spiro atoms. The Labute approximate surface area is 118 Å². The summed E-state index contributed by atoms with van der Waals surface area (Å²) in [7, 11) is 1.60. The van der Waals surface area contributed by atoms with Gasteiger partial charge in [0.2, 0.25) is 0 Å². The summed E-state index contributed by atoms with van der Waals surface area (Å²) in [6.07, 6.45) is -0.963. The molecule has 2 aromatic carbocycles. The number of hydrogen-bond donors (Lipinski definition) is 1. The van der Waals surface area contributed by atoms with Gasteiger partial charge >= 0.3 is 6.09 Å².